The van der Waals surface area contributed by atoms with Crippen molar-refractivity contribution < 1.29 is 8.78 Å². The summed E-state index contributed by atoms with van der Waals surface area (Å²) in [5.41, 5.74) is 3.30. The molecule has 4 aromatic rings. The van der Waals surface area contributed by atoms with Crippen LogP contribution in [0.4, 0.5) is 20.2 Å². The third kappa shape index (κ3) is 3.80. The minimum atomic E-state index is -0.751. The lowest BCUT2D eigenvalue weighted by Gasteiger charge is -2.11. The maximum Gasteiger partial charge on any atom is 0.270 e. The molecule has 0 amide bonds. The Bertz CT molecular complexity index is 1950. The summed E-state index contributed by atoms with van der Waals surface area (Å²) in [6.45, 7) is 22.4. The van der Waals surface area contributed by atoms with Crippen molar-refractivity contribution in [3.05, 3.63) is 135 Å². The van der Waals surface area contributed by atoms with E-state index in [-0.39, 0.29) is 33.8 Å². The van der Waals surface area contributed by atoms with E-state index >= 15 is 0 Å². The van der Waals surface area contributed by atoms with Crippen molar-refractivity contribution in [1.29, 1.82) is 15.8 Å². The second kappa shape index (κ2) is 9.71. The van der Waals surface area contributed by atoms with Gasteiger partial charge in [0.15, 0.2) is 5.69 Å². The molecule has 1 aliphatic rings. The van der Waals surface area contributed by atoms with Gasteiger partial charge in [0.1, 0.15) is 17.7 Å². The molecule has 0 aliphatic heterocycles. The van der Waals surface area contributed by atoms with Crippen molar-refractivity contribution in [2.45, 2.75) is 0 Å². The molecule has 0 spiro atoms. The number of nitrogens with zero attached hydrogens (tertiary/aromatic N) is 6. The zero-order chi connectivity index (χ0) is 28.6. The van der Waals surface area contributed by atoms with Crippen LogP contribution in [0, 0.1) is 65.3 Å². The van der Waals surface area contributed by atoms with Gasteiger partial charge in [0, 0.05) is 11.1 Å². The molecule has 182 valence electrons. The van der Waals surface area contributed by atoms with Gasteiger partial charge in [-0.2, -0.15) is 10.5 Å². The van der Waals surface area contributed by atoms with Gasteiger partial charge in [-0.15, -0.1) is 0 Å². The maximum absolute atomic E-state index is 14.5. The summed E-state index contributed by atoms with van der Waals surface area (Å²) < 4.78 is 29.0. The first-order chi connectivity index (χ1) is 19.4. The quantitative estimate of drug-likeness (QED) is 0.175. The molecule has 4 aromatic carbocycles. The zero-order valence-corrected chi connectivity index (χ0v) is 20.2. The van der Waals surface area contributed by atoms with Gasteiger partial charge in [-0.05, 0) is 75.3 Å². The van der Waals surface area contributed by atoms with Crippen molar-refractivity contribution in [3.63, 3.8) is 0 Å². The molecule has 0 radical (unpaired) electrons. The largest absolute Gasteiger partial charge is 0.270 e. The maximum atomic E-state index is 14.5. The Morgan fingerprint density at radius 1 is 0.600 bits per heavy atom. The average molecular weight is 516 g/mol. The van der Waals surface area contributed by atoms with Crippen molar-refractivity contribution in [1.82, 2.24) is 0 Å². The van der Waals surface area contributed by atoms with Crippen LogP contribution in [0.3, 0.4) is 0 Å². The van der Waals surface area contributed by atoms with E-state index in [0.717, 1.165) is 6.07 Å². The number of allylic oxidation sites excluding steroid dienone is 1. The number of nitriles is 3. The first-order valence-electron chi connectivity index (χ1n) is 11.4. The predicted octanol–water partition coefficient (Wildman–Crippen LogP) is 8.33. The monoisotopic (exact) mass is 516 g/mol. The van der Waals surface area contributed by atoms with Crippen LogP contribution in [0.25, 0.3) is 53.5 Å². The Morgan fingerprint density at radius 3 is 1.77 bits per heavy atom. The normalized spacial score (nSPS) is 11.9. The van der Waals surface area contributed by atoms with E-state index < -0.39 is 11.6 Å². The van der Waals surface area contributed by atoms with Gasteiger partial charge >= 0.3 is 0 Å². The van der Waals surface area contributed by atoms with Crippen molar-refractivity contribution >= 4 is 16.9 Å². The summed E-state index contributed by atoms with van der Waals surface area (Å²) in [5.74, 6) is -1.49. The van der Waals surface area contributed by atoms with Crippen LogP contribution < -0.4 is 0 Å². The number of halogens is 2. The number of benzene rings is 4. The molecule has 0 aromatic heterocycles. The van der Waals surface area contributed by atoms with E-state index in [1.807, 2.05) is 6.07 Å². The molecule has 0 atom stereocenters. The first kappa shape index (κ1) is 25.1. The van der Waals surface area contributed by atoms with Crippen molar-refractivity contribution in [3.8, 4) is 51.6 Å². The molecule has 0 heterocycles. The molecule has 5 rings (SSSR count). The number of fused-ring (bicyclic) bond motifs is 3. The fraction of sp³-hybridized carbons (Fsp3) is 0. The number of hydrogen-bond donors (Lipinski definition) is 0. The molecule has 6 nitrogen and oxygen atoms in total. The highest BCUT2D eigenvalue weighted by molar-refractivity contribution is 6.07. The van der Waals surface area contributed by atoms with E-state index in [1.54, 1.807) is 18.2 Å². The second-order valence-electron chi connectivity index (χ2n) is 8.61. The Kier molecular flexibility index (Phi) is 6.09. The molecule has 0 saturated heterocycles. The molecule has 8 heteroatoms. The molecule has 0 bridgehead atoms. The van der Waals surface area contributed by atoms with Crippen LogP contribution in [0.5, 0.6) is 0 Å². The summed E-state index contributed by atoms with van der Waals surface area (Å²) >= 11 is 0. The lowest BCUT2D eigenvalue weighted by Crippen LogP contribution is -1.92. The van der Waals surface area contributed by atoms with E-state index in [4.69, 9.17) is 25.0 Å². The molecule has 0 saturated carbocycles. The summed E-state index contributed by atoms with van der Waals surface area (Å²) in [7, 11) is 0. The van der Waals surface area contributed by atoms with E-state index in [9.17, 15) is 19.3 Å². The first-order valence-corrected chi connectivity index (χ1v) is 11.4. The van der Waals surface area contributed by atoms with E-state index in [2.05, 4.69) is 20.6 Å². The summed E-state index contributed by atoms with van der Waals surface area (Å²) in [6, 6.07) is 20.1. The lowest BCUT2D eigenvalue weighted by molar-refractivity contribution is 0.624. The third-order valence-corrected chi connectivity index (χ3v) is 6.60. The number of hydrogen-bond acceptors (Lipinski definition) is 3. The van der Waals surface area contributed by atoms with Gasteiger partial charge in [-0.25, -0.2) is 28.6 Å². The van der Waals surface area contributed by atoms with Crippen LogP contribution >= 0.6 is 0 Å². The minimum absolute atomic E-state index is 0.135. The van der Waals surface area contributed by atoms with E-state index in [0.29, 0.717) is 44.5 Å². The van der Waals surface area contributed by atoms with Gasteiger partial charge in [0.2, 0.25) is 5.69 Å². The predicted molar refractivity (Wildman–Crippen MR) is 143 cm³/mol. The molecular weight excluding hydrogens is 506 g/mol. The zero-order valence-electron chi connectivity index (χ0n) is 20.2. The molecule has 0 unspecified atom stereocenters. The van der Waals surface area contributed by atoms with Crippen molar-refractivity contribution in [2.24, 2.45) is 0 Å². The Hall–Kier alpha value is -6.58. The van der Waals surface area contributed by atoms with Gasteiger partial charge in [0.05, 0.1) is 43.0 Å². The van der Waals surface area contributed by atoms with E-state index in [1.165, 1.54) is 42.5 Å². The second-order valence-corrected chi connectivity index (χ2v) is 8.61. The lowest BCUT2D eigenvalue weighted by atomic mass is 9.92. The van der Waals surface area contributed by atoms with Gasteiger partial charge in [0.25, 0.3) is 5.70 Å². The van der Waals surface area contributed by atoms with Gasteiger partial charge in [-0.1, -0.05) is 24.3 Å². The van der Waals surface area contributed by atoms with Gasteiger partial charge < -0.3 is 0 Å². The Labute approximate surface area is 227 Å². The average Bonchev–Trinajstić information content (AvgIpc) is 3.28. The van der Waals surface area contributed by atoms with Gasteiger partial charge in [-0.3, -0.25) is 0 Å². The summed E-state index contributed by atoms with van der Waals surface area (Å²) in [5, 5.41) is 28.8. The smallest absolute Gasteiger partial charge is 0.237 e. The molecular formula is C32H10F2N6. The van der Waals surface area contributed by atoms with Crippen LogP contribution in [0.2, 0.25) is 0 Å². The third-order valence-electron chi connectivity index (χ3n) is 6.60. The standard InChI is InChI=1S/C32H10F2N6/c1-38-29-7-6-18(10-28(29)34)22-12-24-23-11-21(17-4-5-19(14-35)27(33)9-17)20(15-36)8-25(23)32(31(16-37)40-3)26(24)13-30(22)39-2/h4-13H/b32-31-. The van der Waals surface area contributed by atoms with Crippen LogP contribution in [0.15, 0.2) is 66.4 Å². The topological polar surface area (TPSA) is 84.4 Å². The molecule has 0 N–H and O–H groups in total. The van der Waals surface area contributed by atoms with Crippen LogP contribution in [-0.2, 0) is 0 Å². The Morgan fingerprint density at radius 2 is 1.20 bits per heavy atom. The fourth-order valence-corrected chi connectivity index (χ4v) is 4.78. The van der Waals surface area contributed by atoms with Crippen LogP contribution in [-0.4, -0.2) is 0 Å². The Balaban J connectivity index is 1.86. The summed E-state index contributed by atoms with van der Waals surface area (Å²) in [6.07, 6.45) is 0. The number of rotatable bonds is 2. The molecule has 1 aliphatic carbocycles. The van der Waals surface area contributed by atoms with Crippen molar-refractivity contribution in [2.75, 3.05) is 0 Å². The highest BCUT2D eigenvalue weighted by atomic mass is 19.1. The molecule has 40 heavy (non-hydrogen) atoms. The summed E-state index contributed by atoms with van der Waals surface area (Å²) in [4.78, 5) is 10.1. The molecule has 0 fully saturated rings. The van der Waals surface area contributed by atoms with Crippen LogP contribution in [0.1, 0.15) is 22.3 Å². The highest BCUT2D eigenvalue weighted by Crippen LogP contribution is 2.51. The fourth-order valence-electron chi connectivity index (χ4n) is 4.78. The highest BCUT2D eigenvalue weighted by Gasteiger charge is 2.30. The SMILES string of the molecule is [C-]#[N+]/C(C#N)=C1/c2cc(C#N)c(-c3ccc(C#N)c(F)c3)cc2-c2cc(-c3ccc([N+]#[C-])c(F)c3)c([N+]#[C-])cc21. The minimum Gasteiger partial charge on any atom is -0.237 e.